The average molecular weight is 404 g/mol. The van der Waals surface area contributed by atoms with Crippen molar-refractivity contribution in [3.8, 4) is 11.6 Å². The lowest BCUT2D eigenvalue weighted by atomic mass is 10.2. The summed E-state index contributed by atoms with van der Waals surface area (Å²) in [6.45, 7) is 0. The molecule has 0 bridgehead atoms. The van der Waals surface area contributed by atoms with Crippen LogP contribution in [0.1, 0.15) is 10.4 Å². The molecule has 1 heterocycles. The number of benzene rings is 3. The molecule has 0 radical (unpaired) electrons. The topological polar surface area (TPSA) is 107 Å². The van der Waals surface area contributed by atoms with Gasteiger partial charge >= 0.3 is 0 Å². The Hall–Kier alpha value is -4.40. The van der Waals surface area contributed by atoms with Crippen LogP contribution in [0, 0.1) is 15.9 Å². The number of carbonyl (C=O) groups excluding carboxylic acids is 1. The number of nitrogens with one attached hydrogen (secondary N) is 1. The van der Waals surface area contributed by atoms with E-state index in [0.29, 0.717) is 22.3 Å². The van der Waals surface area contributed by atoms with Crippen molar-refractivity contribution in [2.24, 2.45) is 0 Å². The molecule has 9 heteroatoms. The van der Waals surface area contributed by atoms with Gasteiger partial charge in [-0.1, -0.05) is 6.07 Å². The van der Waals surface area contributed by atoms with E-state index in [0.717, 1.165) is 0 Å². The molecule has 3 aromatic carbocycles. The minimum atomic E-state index is -0.564. The van der Waals surface area contributed by atoms with Gasteiger partial charge in [0.2, 0.25) is 5.88 Å². The summed E-state index contributed by atoms with van der Waals surface area (Å²) in [5.74, 6) is -0.286. The molecule has 0 aliphatic carbocycles. The maximum Gasteiger partial charge on any atom is 0.270 e. The zero-order chi connectivity index (χ0) is 21.1. The molecule has 0 saturated carbocycles. The van der Waals surface area contributed by atoms with E-state index in [9.17, 15) is 19.3 Å². The molecule has 0 unspecified atom stereocenters. The Kier molecular flexibility index (Phi) is 5.00. The normalized spacial score (nSPS) is 10.6. The van der Waals surface area contributed by atoms with Gasteiger partial charge in [-0.05, 0) is 48.5 Å². The van der Waals surface area contributed by atoms with Crippen LogP contribution in [0.4, 0.5) is 15.8 Å². The number of nitro groups is 1. The van der Waals surface area contributed by atoms with Crippen molar-refractivity contribution in [2.45, 2.75) is 0 Å². The number of ether oxygens (including phenoxy) is 1. The second-order valence-electron chi connectivity index (χ2n) is 6.23. The molecule has 30 heavy (non-hydrogen) atoms. The molecule has 1 aromatic heterocycles. The van der Waals surface area contributed by atoms with Gasteiger partial charge in [0, 0.05) is 23.4 Å². The van der Waals surface area contributed by atoms with E-state index in [2.05, 4.69) is 15.3 Å². The van der Waals surface area contributed by atoms with E-state index in [-0.39, 0.29) is 17.1 Å². The summed E-state index contributed by atoms with van der Waals surface area (Å²) in [4.78, 5) is 30.7. The summed E-state index contributed by atoms with van der Waals surface area (Å²) in [6.07, 6.45) is 1.32. The van der Waals surface area contributed by atoms with E-state index in [1.54, 1.807) is 24.3 Å². The van der Waals surface area contributed by atoms with Crippen molar-refractivity contribution in [1.29, 1.82) is 0 Å². The second kappa shape index (κ2) is 7.92. The van der Waals surface area contributed by atoms with Gasteiger partial charge in [0.1, 0.15) is 17.9 Å². The first-order chi connectivity index (χ1) is 14.5. The molecule has 0 spiro atoms. The second-order valence-corrected chi connectivity index (χ2v) is 6.23. The quantitative estimate of drug-likeness (QED) is 0.381. The number of rotatable bonds is 5. The van der Waals surface area contributed by atoms with Gasteiger partial charge < -0.3 is 10.1 Å². The molecule has 0 saturated heterocycles. The van der Waals surface area contributed by atoms with Crippen LogP contribution in [0.3, 0.4) is 0 Å². The third kappa shape index (κ3) is 4.04. The third-order valence-electron chi connectivity index (χ3n) is 4.21. The Bertz CT molecular complexity index is 1260. The summed E-state index contributed by atoms with van der Waals surface area (Å²) in [6, 6.07) is 16.0. The standard InChI is InChI=1S/C21H13FN4O4/c22-14-4-9-19-18(11-14)21(24-12-23-19)30-17-7-5-15(6-8-17)25-20(27)13-2-1-3-16(10-13)26(28)29/h1-12H,(H,25,27). The Morgan fingerprint density at radius 2 is 1.83 bits per heavy atom. The maximum absolute atomic E-state index is 13.6. The van der Waals surface area contributed by atoms with Crippen molar-refractivity contribution in [3.05, 3.63) is 94.6 Å². The zero-order valence-corrected chi connectivity index (χ0v) is 15.3. The Morgan fingerprint density at radius 1 is 1.03 bits per heavy atom. The summed E-state index contributed by atoms with van der Waals surface area (Å²) in [5.41, 5.74) is 1.01. The van der Waals surface area contributed by atoms with Crippen LogP contribution in [-0.4, -0.2) is 20.8 Å². The van der Waals surface area contributed by atoms with Gasteiger partial charge in [0.15, 0.2) is 0 Å². The lowest BCUT2D eigenvalue weighted by Gasteiger charge is -2.09. The van der Waals surface area contributed by atoms with Crippen LogP contribution in [0.15, 0.2) is 73.1 Å². The highest BCUT2D eigenvalue weighted by Crippen LogP contribution is 2.28. The minimum Gasteiger partial charge on any atom is -0.438 e. The van der Waals surface area contributed by atoms with Crippen molar-refractivity contribution in [1.82, 2.24) is 9.97 Å². The van der Waals surface area contributed by atoms with Crippen LogP contribution in [0.25, 0.3) is 10.9 Å². The van der Waals surface area contributed by atoms with Gasteiger partial charge in [0.05, 0.1) is 15.8 Å². The van der Waals surface area contributed by atoms with Crippen LogP contribution >= 0.6 is 0 Å². The SMILES string of the molecule is O=C(Nc1ccc(Oc2ncnc3ccc(F)cc23)cc1)c1cccc([N+](=O)[O-])c1. The Balaban J connectivity index is 1.50. The van der Waals surface area contributed by atoms with E-state index < -0.39 is 16.6 Å². The van der Waals surface area contributed by atoms with Gasteiger partial charge in [-0.25, -0.2) is 14.4 Å². The highest BCUT2D eigenvalue weighted by atomic mass is 19.1. The number of halogens is 1. The number of amides is 1. The molecule has 0 fully saturated rings. The first-order valence-electron chi connectivity index (χ1n) is 8.73. The van der Waals surface area contributed by atoms with Gasteiger partial charge in [-0.15, -0.1) is 0 Å². The largest absolute Gasteiger partial charge is 0.438 e. The third-order valence-corrected chi connectivity index (χ3v) is 4.21. The monoisotopic (exact) mass is 404 g/mol. The Morgan fingerprint density at radius 3 is 2.60 bits per heavy atom. The highest BCUT2D eigenvalue weighted by Gasteiger charge is 2.12. The van der Waals surface area contributed by atoms with E-state index in [4.69, 9.17) is 4.74 Å². The molecule has 8 nitrogen and oxygen atoms in total. The molecule has 4 rings (SSSR count). The number of aromatic nitrogens is 2. The van der Waals surface area contributed by atoms with Crippen LogP contribution in [0.5, 0.6) is 11.6 Å². The molecule has 1 amide bonds. The molecule has 4 aromatic rings. The lowest BCUT2D eigenvalue weighted by molar-refractivity contribution is -0.384. The molecule has 0 aliphatic rings. The summed E-state index contributed by atoms with van der Waals surface area (Å²) >= 11 is 0. The van der Waals surface area contributed by atoms with E-state index in [1.165, 1.54) is 48.8 Å². The number of anilines is 1. The summed E-state index contributed by atoms with van der Waals surface area (Å²) < 4.78 is 19.3. The maximum atomic E-state index is 13.6. The number of nitrogens with zero attached hydrogens (tertiary/aromatic N) is 3. The van der Waals surface area contributed by atoms with Gasteiger partial charge in [-0.3, -0.25) is 14.9 Å². The fraction of sp³-hybridized carbons (Fsp3) is 0. The number of non-ortho nitro benzene ring substituents is 1. The fourth-order valence-corrected chi connectivity index (χ4v) is 2.77. The van der Waals surface area contributed by atoms with Gasteiger partial charge in [-0.2, -0.15) is 0 Å². The van der Waals surface area contributed by atoms with E-state index in [1.807, 2.05) is 0 Å². The number of fused-ring (bicyclic) bond motifs is 1. The number of hydrogen-bond acceptors (Lipinski definition) is 6. The first-order valence-corrected chi connectivity index (χ1v) is 8.73. The van der Waals surface area contributed by atoms with Crippen molar-refractivity contribution in [2.75, 3.05) is 5.32 Å². The number of hydrogen-bond donors (Lipinski definition) is 1. The average Bonchev–Trinajstić information content (AvgIpc) is 2.75. The molecule has 1 N–H and O–H groups in total. The highest BCUT2D eigenvalue weighted by molar-refractivity contribution is 6.04. The summed E-state index contributed by atoms with van der Waals surface area (Å²) in [7, 11) is 0. The minimum absolute atomic E-state index is 0.166. The fourth-order valence-electron chi connectivity index (χ4n) is 2.77. The summed E-state index contributed by atoms with van der Waals surface area (Å²) in [5, 5.41) is 13.9. The van der Waals surface area contributed by atoms with Crippen LogP contribution in [-0.2, 0) is 0 Å². The van der Waals surface area contributed by atoms with Crippen LogP contribution in [0.2, 0.25) is 0 Å². The number of nitro benzene ring substituents is 1. The lowest BCUT2D eigenvalue weighted by Crippen LogP contribution is -2.11. The van der Waals surface area contributed by atoms with Crippen molar-refractivity contribution < 1.29 is 18.8 Å². The Labute approximate surface area is 169 Å². The molecule has 0 aliphatic heterocycles. The molecular formula is C21H13FN4O4. The van der Waals surface area contributed by atoms with Gasteiger partial charge in [0.25, 0.3) is 11.6 Å². The molecule has 0 atom stereocenters. The predicted molar refractivity (Wildman–Crippen MR) is 107 cm³/mol. The van der Waals surface area contributed by atoms with Crippen molar-refractivity contribution >= 4 is 28.2 Å². The smallest absolute Gasteiger partial charge is 0.270 e. The molecule has 148 valence electrons. The number of carbonyl (C=O) groups is 1. The van der Waals surface area contributed by atoms with Crippen LogP contribution < -0.4 is 10.1 Å². The molecular weight excluding hydrogens is 391 g/mol. The predicted octanol–water partition coefficient (Wildman–Crippen LogP) is 4.72. The van der Waals surface area contributed by atoms with E-state index >= 15 is 0 Å². The van der Waals surface area contributed by atoms with Crippen molar-refractivity contribution in [3.63, 3.8) is 0 Å². The zero-order valence-electron chi connectivity index (χ0n) is 15.3. The first kappa shape index (κ1) is 18.9.